The largest absolute Gasteiger partial charge is 0.368 e. The monoisotopic (exact) mass is 592 g/mol. The predicted molar refractivity (Wildman–Crippen MR) is 159 cm³/mol. The van der Waals surface area contributed by atoms with Crippen LogP contribution in [0.1, 0.15) is 31.8 Å². The molecule has 2 aliphatic rings. The van der Waals surface area contributed by atoms with Gasteiger partial charge in [-0.25, -0.2) is 0 Å². The van der Waals surface area contributed by atoms with Crippen LogP contribution in [0.2, 0.25) is 10.0 Å². The fourth-order valence-corrected chi connectivity index (χ4v) is 4.45. The van der Waals surface area contributed by atoms with Crippen molar-refractivity contribution in [3.8, 4) is 0 Å². The lowest BCUT2D eigenvalue weighted by atomic mass is 10.1. The number of hydrogen-bond acceptors (Lipinski definition) is 6. The molecule has 0 saturated carbocycles. The molecular weight excluding hydrogens is 570 g/mol. The predicted octanol–water partition coefficient (Wildman–Crippen LogP) is 5.04. The average molecular weight is 594 g/mol. The van der Waals surface area contributed by atoms with Gasteiger partial charge in [0.05, 0.1) is 23.1 Å². The maximum atomic E-state index is 12.7. The molecule has 2 aliphatic heterocycles. The van der Waals surface area contributed by atoms with Crippen molar-refractivity contribution in [2.75, 3.05) is 36.8 Å². The van der Waals surface area contributed by atoms with E-state index in [2.05, 4.69) is 31.3 Å². The zero-order valence-corrected chi connectivity index (χ0v) is 23.0. The number of amidine groups is 2. The molecular formula is C26H24Cl4N6O2. The van der Waals surface area contributed by atoms with Crippen LogP contribution >= 0.6 is 48.0 Å². The van der Waals surface area contributed by atoms with Crippen LogP contribution < -0.4 is 21.3 Å². The van der Waals surface area contributed by atoms with Gasteiger partial charge >= 0.3 is 0 Å². The molecule has 0 spiro atoms. The van der Waals surface area contributed by atoms with E-state index in [-0.39, 0.29) is 36.6 Å². The summed E-state index contributed by atoms with van der Waals surface area (Å²) in [6, 6.07) is 16.9. The number of carbonyl (C=O) groups is 2. The van der Waals surface area contributed by atoms with E-state index in [9.17, 15) is 9.59 Å². The summed E-state index contributed by atoms with van der Waals surface area (Å²) in [5, 5.41) is 13.0. The summed E-state index contributed by atoms with van der Waals surface area (Å²) in [4.78, 5) is 34.1. The van der Waals surface area contributed by atoms with E-state index < -0.39 is 0 Å². The van der Waals surface area contributed by atoms with E-state index in [0.29, 0.717) is 45.6 Å². The van der Waals surface area contributed by atoms with E-state index in [1.54, 1.807) is 48.5 Å². The third-order valence-electron chi connectivity index (χ3n) is 5.72. The summed E-state index contributed by atoms with van der Waals surface area (Å²) >= 11 is 12.8. The second-order valence-corrected chi connectivity index (χ2v) is 9.00. The van der Waals surface area contributed by atoms with Crippen molar-refractivity contribution in [1.29, 1.82) is 0 Å². The maximum Gasteiger partial charge on any atom is 0.255 e. The lowest BCUT2D eigenvalue weighted by Gasteiger charge is -2.11. The first-order chi connectivity index (χ1) is 17.5. The van der Waals surface area contributed by atoms with E-state index in [0.717, 1.165) is 35.9 Å². The highest BCUT2D eigenvalue weighted by Crippen LogP contribution is 2.24. The fraction of sp³-hybridized carbons (Fsp3) is 0.154. The Morgan fingerprint density at radius 1 is 0.658 bits per heavy atom. The van der Waals surface area contributed by atoms with Gasteiger partial charge in [-0.3, -0.25) is 19.6 Å². The molecule has 198 valence electrons. The van der Waals surface area contributed by atoms with Crippen LogP contribution in [0, 0.1) is 0 Å². The van der Waals surface area contributed by atoms with Crippen LogP contribution in [0.15, 0.2) is 70.6 Å². The number of carbonyl (C=O) groups excluding carboxylic acids is 2. The zero-order valence-electron chi connectivity index (χ0n) is 19.9. The minimum Gasteiger partial charge on any atom is -0.368 e. The summed E-state index contributed by atoms with van der Waals surface area (Å²) in [5.41, 5.74) is 3.53. The molecule has 0 bridgehead atoms. The molecule has 0 radical (unpaired) electrons. The van der Waals surface area contributed by atoms with Gasteiger partial charge in [0.25, 0.3) is 11.8 Å². The van der Waals surface area contributed by atoms with Crippen molar-refractivity contribution >= 4 is 82.9 Å². The number of anilines is 2. The second-order valence-electron chi connectivity index (χ2n) is 8.19. The number of amides is 2. The first-order valence-electron chi connectivity index (χ1n) is 11.4. The number of aliphatic imine (C=N–C) groups is 2. The SMILES string of the molecule is Cl.Cl.O=C(Nc1ccc(C2=NCCN2)c(Cl)c1)c1ccc(C(=O)Nc2ccc(C3=NCCN3)c(Cl)c2)cc1. The van der Waals surface area contributed by atoms with Gasteiger partial charge in [0.2, 0.25) is 0 Å². The Balaban J connectivity index is 0.00000200. The van der Waals surface area contributed by atoms with Gasteiger partial charge in [-0.1, -0.05) is 23.2 Å². The number of halogens is 4. The molecule has 4 N–H and O–H groups in total. The molecule has 0 aromatic heterocycles. The Kier molecular flexibility index (Phi) is 9.99. The van der Waals surface area contributed by atoms with Crippen molar-refractivity contribution in [2.24, 2.45) is 9.98 Å². The van der Waals surface area contributed by atoms with Crippen LogP contribution in [0.3, 0.4) is 0 Å². The van der Waals surface area contributed by atoms with E-state index in [4.69, 9.17) is 23.2 Å². The third kappa shape index (κ3) is 6.57. The van der Waals surface area contributed by atoms with Gasteiger partial charge < -0.3 is 21.3 Å². The van der Waals surface area contributed by atoms with Gasteiger partial charge in [0.15, 0.2) is 0 Å². The quantitative estimate of drug-likeness (QED) is 0.321. The zero-order chi connectivity index (χ0) is 25.1. The molecule has 2 amide bonds. The Hall–Kier alpha value is -3.30. The summed E-state index contributed by atoms with van der Waals surface area (Å²) in [5.74, 6) is 0.885. The molecule has 3 aromatic rings. The summed E-state index contributed by atoms with van der Waals surface area (Å²) in [6.45, 7) is 3.00. The second kappa shape index (κ2) is 13.0. The van der Waals surface area contributed by atoms with E-state index in [1.807, 2.05) is 12.1 Å². The number of benzene rings is 3. The number of rotatable bonds is 6. The first kappa shape index (κ1) is 29.3. The topological polar surface area (TPSA) is 107 Å². The molecule has 8 nitrogen and oxygen atoms in total. The van der Waals surface area contributed by atoms with Gasteiger partial charge in [-0.15, -0.1) is 24.8 Å². The summed E-state index contributed by atoms with van der Waals surface area (Å²) < 4.78 is 0. The average Bonchev–Trinajstić information content (AvgIpc) is 3.59. The number of hydrogen-bond donors (Lipinski definition) is 4. The number of nitrogens with one attached hydrogen (secondary N) is 4. The normalized spacial score (nSPS) is 13.6. The Morgan fingerprint density at radius 2 is 1.05 bits per heavy atom. The molecule has 0 atom stereocenters. The lowest BCUT2D eigenvalue weighted by Crippen LogP contribution is -2.20. The molecule has 2 heterocycles. The minimum absolute atomic E-state index is 0. The first-order valence-corrected chi connectivity index (χ1v) is 12.1. The van der Waals surface area contributed by atoms with Gasteiger partial charge in [0.1, 0.15) is 11.7 Å². The molecule has 3 aromatic carbocycles. The molecule has 5 rings (SSSR count). The standard InChI is InChI=1S/C26H22Cl2N6O2.2ClH/c27-21-13-17(5-7-19(21)23-29-9-10-30-23)33-25(35)15-1-2-16(4-3-15)26(36)34-18-6-8-20(22(28)14-18)24-31-11-12-32-24;;/h1-8,13-14H,9-12H2,(H,29,30)(H,31,32)(H,33,35)(H,34,36);2*1H. The van der Waals surface area contributed by atoms with Crippen molar-refractivity contribution in [1.82, 2.24) is 10.6 Å². The molecule has 0 unspecified atom stereocenters. The van der Waals surface area contributed by atoms with Crippen molar-refractivity contribution in [2.45, 2.75) is 0 Å². The van der Waals surface area contributed by atoms with E-state index >= 15 is 0 Å². The molecule has 0 fully saturated rings. The molecule has 38 heavy (non-hydrogen) atoms. The fourth-order valence-electron chi connectivity index (χ4n) is 3.91. The highest BCUT2D eigenvalue weighted by molar-refractivity contribution is 6.35. The van der Waals surface area contributed by atoms with Gasteiger partial charge in [-0.05, 0) is 60.7 Å². The Morgan fingerprint density at radius 3 is 1.37 bits per heavy atom. The van der Waals surface area contributed by atoms with Crippen LogP contribution in [-0.2, 0) is 0 Å². The molecule has 0 aliphatic carbocycles. The van der Waals surface area contributed by atoms with E-state index in [1.165, 1.54) is 0 Å². The molecule has 0 saturated heterocycles. The minimum atomic E-state index is -0.312. The van der Waals surface area contributed by atoms with Crippen LogP contribution in [0.25, 0.3) is 0 Å². The van der Waals surface area contributed by atoms with Crippen molar-refractivity contribution in [3.63, 3.8) is 0 Å². The van der Waals surface area contributed by atoms with Crippen LogP contribution in [0.4, 0.5) is 11.4 Å². The summed E-state index contributed by atoms with van der Waals surface area (Å²) in [7, 11) is 0. The van der Waals surface area contributed by atoms with Crippen LogP contribution in [0.5, 0.6) is 0 Å². The van der Waals surface area contributed by atoms with Crippen molar-refractivity contribution < 1.29 is 9.59 Å². The van der Waals surface area contributed by atoms with Gasteiger partial charge in [0, 0.05) is 46.7 Å². The highest BCUT2D eigenvalue weighted by atomic mass is 35.5. The lowest BCUT2D eigenvalue weighted by molar-refractivity contribution is 0.101. The summed E-state index contributed by atoms with van der Waals surface area (Å²) in [6.07, 6.45) is 0. The smallest absolute Gasteiger partial charge is 0.255 e. The maximum absolute atomic E-state index is 12.7. The third-order valence-corrected chi connectivity index (χ3v) is 6.35. The highest BCUT2D eigenvalue weighted by Gasteiger charge is 2.15. The molecule has 12 heteroatoms. The van der Waals surface area contributed by atoms with Crippen molar-refractivity contribution in [3.05, 3.63) is 93.0 Å². The van der Waals surface area contributed by atoms with Crippen LogP contribution in [-0.4, -0.2) is 49.7 Å². The Labute approximate surface area is 242 Å². The number of nitrogens with zero attached hydrogens (tertiary/aromatic N) is 2. The van der Waals surface area contributed by atoms with Gasteiger partial charge in [-0.2, -0.15) is 0 Å². The Bertz CT molecular complexity index is 1300.